The van der Waals surface area contributed by atoms with E-state index in [-0.39, 0.29) is 0 Å². The Kier molecular flexibility index (Phi) is 3.41. The average molecular weight is 279 g/mol. The average Bonchev–Trinajstić information content (AvgIpc) is 2.89. The van der Waals surface area contributed by atoms with E-state index in [1.54, 1.807) is 7.11 Å². The number of ether oxygens (including phenoxy) is 1. The number of rotatable bonds is 3. The van der Waals surface area contributed by atoms with Gasteiger partial charge >= 0.3 is 0 Å². The van der Waals surface area contributed by atoms with E-state index in [0.717, 1.165) is 30.8 Å². The molecule has 0 amide bonds. The van der Waals surface area contributed by atoms with Gasteiger partial charge in [0.1, 0.15) is 11.8 Å². The van der Waals surface area contributed by atoms with Gasteiger partial charge in [-0.1, -0.05) is 12.1 Å². The van der Waals surface area contributed by atoms with E-state index >= 15 is 0 Å². The normalized spacial score (nSPS) is 12.9. The number of anilines is 2. The van der Waals surface area contributed by atoms with E-state index in [9.17, 15) is 0 Å². The molecule has 0 aromatic heterocycles. The summed E-state index contributed by atoms with van der Waals surface area (Å²) in [5.41, 5.74) is 10.9. The molecule has 0 saturated heterocycles. The van der Waals surface area contributed by atoms with Gasteiger partial charge in [-0.3, -0.25) is 0 Å². The van der Waals surface area contributed by atoms with E-state index in [4.69, 9.17) is 15.7 Å². The maximum atomic E-state index is 9.17. The lowest BCUT2D eigenvalue weighted by atomic mass is 10.1. The number of nitrogens with zero attached hydrogens (tertiary/aromatic N) is 2. The number of methoxy groups -OCH3 is 1. The highest BCUT2D eigenvalue weighted by molar-refractivity contribution is 5.64. The minimum Gasteiger partial charge on any atom is -0.495 e. The van der Waals surface area contributed by atoms with Crippen LogP contribution in [0.1, 0.15) is 16.7 Å². The summed E-state index contributed by atoms with van der Waals surface area (Å²) in [6, 6.07) is 14.0. The molecule has 0 unspecified atom stereocenters. The second-order valence-corrected chi connectivity index (χ2v) is 5.21. The molecule has 0 radical (unpaired) electrons. The number of benzene rings is 2. The Morgan fingerprint density at radius 1 is 1.29 bits per heavy atom. The third-order valence-electron chi connectivity index (χ3n) is 3.86. The molecular weight excluding hydrogens is 262 g/mol. The summed E-state index contributed by atoms with van der Waals surface area (Å²) in [7, 11) is 1.58. The quantitative estimate of drug-likeness (QED) is 0.877. The first-order valence-corrected chi connectivity index (χ1v) is 6.91. The van der Waals surface area contributed by atoms with Crippen molar-refractivity contribution in [2.45, 2.75) is 13.0 Å². The third kappa shape index (κ3) is 2.50. The van der Waals surface area contributed by atoms with Crippen LogP contribution in [0, 0.1) is 11.3 Å². The second-order valence-electron chi connectivity index (χ2n) is 5.21. The summed E-state index contributed by atoms with van der Waals surface area (Å²) in [5.74, 6) is 0.618. The molecule has 0 bridgehead atoms. The molecule has 1 heterocycles. The summed E-state index contributed by atoms with van der Waals surface area (Å²) in [5, 5.41) is 9.17. The molecular formula is C17H17N3O. The van der Waals surface area contributed by atoms with E-state index in [2.05, 4.69) is 17.0 Å². The van der Waals surface area contributed by atoms with Crippen LogP contribution in [0.3, 0.4) is 0 Å². The van der Waals surface area contributed by atoms with Crippen molar-refractivity contribution in [3.05, 3.63) is 53.1 Å². The fraction of sp³-hybridized carbons (Fsp3) is 0.235. The van der Waals surface area contributed by atoms with Crippen LogP contribution in [0.5, 0.6) is 5.75 Å². The lowest BCUT2D eigenvalue weighted by molar-refractivity contribution is 0.413. The van der Waals surface area contributed by atoms with Gasteiger partial charge in [0, 0.05) is 24.5 Å². The van der Waals surface area contributed by atoms with Crippen LogP contribution in [-0.2, 0) is 13.0 Å². The number of hydrogen-bond acceptors (Lipinski definition) is 4. The van der Waals surface area contributed by atoms with E-state index in [1.165, 1.54) is 11.3 Å². The molecule has 0 aliphatic carbocycles. The Hall–Kier alpha value is -2.67. The zero-order valence-electron chi connectivity index (χ0n) is 12.0. The SMILES string of the molecule is COc1ccc(CN2CCc3ccc(N)cc32)cc1C#N. The van der Waals surface area contributed by atoms with Crippen molar-refractivity contribution in [1.82, 2.24) is 0 Å². The highest BCUT2D eigenvalue weighted by atomic mass is 16.5. The predicted octanol–water partition coefficient (Wildman–Crippen LogP) is 2.71. The van der Waals surface area contributed by atoms with Crippen LogP contribution in [0.4, 0.5) is 11.4 Å². The first kappa shape index (κ1) is 13.3. The van der Waals surface area contributed by atoms with Crippen molar-refractivity contribution < 1.29 is 4.74 Å². The molecule has 4 nitrogen and oxygen atoms in total. The van der Waals surface area contributed by atoms with E-state index in [0.29, 0.717) is 11.3 Å². The van der Waals surface area contributed by atoms with Crippen molar-refractivity contribution in [3.63, 3.8) is 0 Å². The highest BCUT2D eigenvalue weighted by Gasteiger charge is 2.19. The fourth-order valence-corrected chi connectivity index (χ4v) is 2.79. The van der Waals surface area contributed by atoms with Crippen molar-refractivity contribution in [2.24, 2.45) is 0 Å². The summed E-state index contributed by atoms with van der Waals surface area (Å²) < 4.78 is 5.18. The standard InChI is InChI=1S/C17H17N3O/c1-21-17-5-2-12(8-14(17)10-18)11-20-7-6-13-3-4-15(19)9-16(13)20/h2-5,8-9H,6-7,11,19H2,1H3. The van der Waals surface area contributed by atoms with Crippen LogP contribution in [-0.4, -0.2) is 13.7 Å². The third-order valence-corrected chi connectivity index (χ3v) is 3.86. The van der Waals surface area contributed by atoms with Gasteiger partial charge < -0.3 is 15.4 Å². The Morgan fingerprint density at radius 2 is 2.14 bits per heavy atom. The molecule has 4 heteroatoms. The van der Waals surface area contributed by atoms with Gasteiger partial charge in [-0.15, -0.1) is 0 Å². The Morgan fingerprint density at radius 3 is 2.90 bits per heavy atom. The predicted molar refractivity (Wildman–Crippen MR) is 83.3 cm³/mol. The van der Waals surface area contributed by atoms with Gasteiger partial charge in [0.05, 0.1) is 12.7 Å². The largest absolute Gasteiger partial charge is 0.495 e. The first-order chi connectivity index (χ1) is 10.2. The topological polar surface area (TPSA) is 62.3 Å². The van der Waals surface area contributed by atoms with Crippen LogP contribution in [0.2, 0.25) is 0 Å². The van der Waals surface area contributed by atoms with Gasteiger partial charge in [-0.2, -0.15) is 5.26 Å². The van der Waals surface area contributed by atoms with Gasteiger partial charge in [0.2, 0.25) is 0 Å². The number of nitriles is 1. The molecule has 2 aromatic rings. The molecule has 3 rings (SSSR count). The number of nitrogens with two attached hydrogens (primary N) is 1. The lowest BCUT2D eigenvalue weighted by Crippen LogP contribution is -2.19. The number of hydrogen-bond donors (Lipinski definition) is 1. The van der Waals surface area contributed by atoms with Crippen molar-refractivity contribution in [3.8, 4) is 11.8 Å². The minimum atomic E-state index is 0.571. The molecule has 1 aliphatic rings. The summed E-state index contributed by atoms with van der Waals surface area (Å²) in [6.07, 6.45) is 1.04. The molecule has 21 heavy (non-hydrogen) atoms. The maximum absolute atomic E-state index is 9.17. The zero-order chi connectivity index (χ0) is 14.8. The molecule has 0 fully saturated rings. The Labute approximate surface area is 124 Å². The monoisotopic (exact) mass is 279 g/mol. The summed E-state index contributed by atoms with van der Waals surface area (Å²) >= 11 is 0. The first-order valence-electron chi connectivity index (χ1n) is 6.91. The fourth-order valence-electron chi connectivity index (χ4n) is 2.79. The van der Waals surface area contributed by atoms with Crippen molar-refractivity contribution in [1.29, 1.82) is 5.26 Å². The van der Waals surface area contributed by atoms with Crippen LogP contribution >= 0.6 is 0 Å². The molecule has 0 spiro atoms. The van der Waals surface area contributed by atoms with Gasteiger partial charge in [-0.05, 0) is 41.8 Å². The maximum Gasteiger partial charge on any atom is 0.136 e. The number of nitrogen functional groups attached to an aromatic ring is 1. The van der Waals surface area contributed by atoms with Crippen LogP contribution in [0.15, 0.2) is 36.4 Å². The zero-order valence-corrected chi connectivity index (χ0v) is 12.0. The van der Waals surface area contributed by atoms with Gasteiger partial charge in [-0.25, -0.2) is 0 Å². The van der Waals surface area contributed by atoms with E-state index in [1.807, 2.05) is 30.3 Å². The van der Waals surface area contributed by atoms with Crippen molar-refractivity contribution >= 4 is 11.4 Å². The van der Waals surface area contributed by atoms with Gasteiger partial charge in [0.15, 0.2) is 0 Å². The summed E-state index contributed by atoms with van der Waals surface area (Å²) in [4.78, 5) is 2.30. The van der Waals surface area contributed by atoms with Crippen LogP contribution < -0.4 is 15.4 Å². The summed E-state index contributed by atoms with van der Waals surface area (Å²) in [6.45, 7) is 1.75. The molecule has 1 aliphatic heterocycles. The van der Waals surface area contributed by atoms with E-state index < -0.39 is 0 Å². The Bertz CT molecular complexity index is 718. The van der Waals surface area contributed by atoms with Crippen LogP contribution in [0.25, 0.3) is 0 Å². The van der Waals surface area contributed by atoms with Gasteiger partial charge in [0.25, 0.3) is 0 Å². The highest BCUT2D eigenvalue weighted by Crippen LogP contribution is 2.31. The Balaban J connectivity index is 1.86. The molecule has 0 atom stereocenters. The van der Waals surface area contributed by atoms with Crippen molar-refractivity contribution in [2.75, 3.05) is 24.3 Å². The molecule has 2 aromatic carbocycles. The lowest BCUT2D eigenvalue weighted by Gasteiger charge is -2.20. The second kappa shape index (κ2) is 5.37. The number of fused-ring (bicyclic) bond motifs is 1. The molecule has 0 saturated carbocycles. The molecule has 106 valence electrons. The minimum absolute atomic E-state index is 0.571. The molecule has 2 N–H and O–H groups in total. The smallest absolute Gasteiger partial charge is 0.136 e.